The van der Waals surface area contributed by atoms with Crippen LogP contribution in [0.15, 0.2) is 40.9 Å². The number of ether oxygens (including phenoxy) is 1. The first-order valence-electron chi connectivity index (χ1n) is 5.04. The van der Waals surface area contributed by atoms with Gasteiger partial charge >= 0.3 is 0 Å². The molecule has 0 saturated heterocycles. The van der Waals surface area contributed by atoms with Gasteiger partial charge in [0, 0.05) is 16.2 Å². The summed E-state index contributed by atoms with van der Waals surface area (Å²) in [5.41, 5.74) is 7.48. The molecule has 2 aromatic rings. The molecule has 0 aliphatic heterocycles. The number of hydrogen-bond acceptors (Lipinski definition) is 2. The van der Waals surface area contributed by atoms with Gasteiger partial charge in [0.1, 0.15) is 11.5 Å². The second-order valence-electron chi connectivity index (χ2n) is 3.76. The highest BCUT2D eigenvalue weighted by Gasteiger charge is 2.05. The molecule has 0 unspecified atom stereocenters. The third-order valence-electron chi connectivity index (χ3n) is 2.19. The van der Waals surface area contributed by atoms with Gasteiger partial charge in [-0.1, -0.05) is 27.5 Å². The molecule has 0 radical (unpaired) electrons. The number of halogens is 2. The van der Waals surface area contributed by atoms with Gasteiger partial charge in [0.05, 0.1) is 5.02 Å². The highest BCUT2D eigenvalue weighted by atomic mass is 79.9. The normalized spacial score (nSPS) is 10.3. The minimum Gasteiger partial charge on any atom is -0.456 e. The summed E-state index contributed by atoms with van der Waals surface area (Å²) in [7, 11) is 0. The van der Waals surface area contributed by atoms with Crippen LogP contribution in [0.3, 0.4) is 0 Å². The van der Waals surface area contributed by atoms with Gasteiger partial charge in [0.15, 0.2) is 0 Å². The molecule has 2 nitrogen and oxygen atoms in total. The van der Waals surface area contributed by atoms with E-state index in [1.807, 2.05) is 31.2 Å². The molecule has 2 rings (SSSR count). The molecular formula is C13H11BrClNO. The van der Waals surface area contributed by atoms with Crippen LogP contribution in [0.2, 0.25) is 5.02 Å². The molecule has 88 valence electrons. The van der Waals surface area contributed by atoms with Crippen LogP contribution in [0.4, 0.5) is 5.69 Å². The number of hydrogen-bond donors (Lipinski definition) is 1. The second kappa shape index (κ2) is 4.98. The smallest absolute Gasteiger partial charge is 0.147 e. The number of nitrogen functional groups attached to an aromatic ring is 1. The molecule has 2 aromatic carbocycles. The quantitative estimate of drug-likeness (QED) is 0.810. The van der Waals surface area contributed by atoms with E-state index in [9.17, 15) is 0 Å². The number of aryl methyl sites for hydroxylation is 1. The molecule has 0 heterocycles. The molecule has 0 fully saturated rings. The average Bonchev–Trinajstić information content (AvgIpc) is 2.22. The van der Waals surface area contributed by atoms with Gasteiger partial charge in [-0.2, -0.15) is 0 Å². The van der Waals surface area contributed by atoms with Crippen LogP contribution < -0.4 is 10.5 Å². The first-order chi connectivity index (χ1) is 8.04. The fraction of sp³-hybridized carbons (Fsp3) is 0.0769. The molecule has 0 aromatic heterocycles. The van der Waals surface area contributed by atoms with Crippen molar-refractivity contribution < 1.29 is 4.74 Å². The van der Waals surface area contributed by atoms with Crippen LogP contribution in [0.25, 0.3) is 0 Å². The summed E-state index contributed by atoms with van der Waals surface area (Å²) in [6.45, 7) is 1.96. The standard InChI is InChI=1S/C13H11BrClNO/c1-8-4-10(16)7-11(5-8)17-13-6-9(14)2-3-12(13)15/h2-7H,16H2,1H3. The van der Waals surface area contributed by atoms with Crippen LogP contribution in [-0.2, 0) is 0 Å². The third-order valence-corrected chi connectivity index (χ3v) is 3.00. The van der Waals surface area contributed by atoms with Crippen LogP contribution in [0.5, 0.6) is 11.5 Å². The fourth-order valence-electron chi connectivity index (χ4n) is 1.52. The topological polar surface area (TPSA) is 35.2 Å². The maximum absolute atomic E-state index is 6.05. The Morgan fingerprint density at radius 2 is 1.94 bits per heavy atom. The van der Waals surface area contributed by atoms with Crippen LogP contribution >= 0.6 is 27.5 Å². The highest BCUT2D eigenvalue weighted by molar-refractivity contribution is 9.10. The van der Waals surface area contributed by atoms with E-state index >= 15 is 0 Å². The van der Waals surface area contributed by atoms with E-state index in [1.54, 1.807) is 12.1 Å². The minimum atomic E-state index is 0.563. The Balaban J connectivity index is 2.34. The van der Waals surface area contributed by atoms with Crippen molar-refractivity contribution in [2.45, 2.75) is 6.92 Å². The summed E-state index contributed by atoms with van der Waals surface area (Å²) in [5, 5.41) is 0.563. The van der Waals surface area contributed by atoms with Gasteiger partial charge in [0.25, 0.3) is 0 Å². The lowest BCUT2D eigenvalue weighted by atomic mass is 10.2. The molecule has 0 bridgehead atoms. The zero-order chi connectivity index (χ0) is 12.4. The average molecular weight is 313 g/mol. The number of nitrogens with two attached hydrogens (primary N) is 1. The summed E-state index contributed by atoms with van der Waals surface area (Å²) < 4.78 is 6.62. The monoisotopic (exact) mass is 311 g/mol. The first-order valence-corrected chi connectivity index (χ1v) is 6.22. The van der Waals surface area contributed by atoms with E-state index in [-0.39, 0.29) is 0 Å². The van der Waals surface area contributed by atoms with E-state index in [0.29, 0.717) is 22.2 Å². The maximum atomic E-state index is 6.05. The van der Waals surface area contributed by atoms with E-state index < -0.39 is 0 Å². The first kappa shape index (κ1) is 12.3. The molecule has 2 N–H and O–H groups in total. The third kappa shape index (κ3) is 3.14. The Hall–Kier alpha value is -1.19. The van der Waals surface area contributed by atoms with Gasteiger partial charge in [-0.25, -0.2) is 0 Å². The van der Waals surface area contributed by atoms with Gasteiger partial charge in [0.2, 0.25) is 0 Å². The van der Waals surface area contributed by atoms with Crippen molar-refractivity contribution in [2.24, 2.45) is 0 Å². The van der Waals surface area contributed by atoms with Gasteiger partial charge < -0.3 is 10.5 Å². The maximum Gasteiger partial charge on any atom is 0.147 e. The van der Waals surface area contributed by atoms with Crippen molar-refractivity contribution in [2.75, 3.05) is 5.73 Å². The zero-order valence-corrected chi connectivity index (χ0v) is 11.5. The molecule has 4 heteroatoms. The van der Waals surface area contributed by atoms with Crippen molar-refractivity contribution in [1.29, 1.82) is 0 Å². The van der Waals surface area contributed by atoms with Crippen LogP contribution in [0, 0.1) is 6.92 Å². The van der Waals surface area contributed by atoms with E-state index in [2.05, 4.69) is 15.9 Å². The SMILES string of the molecule is Cc1cc(N)cc(Oc2cc(Br)ccc2Cl)c1. The number of rotatable bonds is 2. The number of benzene rings is 2. The van der Waals surface area contributed by atoms with E-state index in [1.165, 1.54) is 0 Å². The molecular weight excluding hydrogens is 302 g/mol. The van der Waals surface area contributed by atoms with Gasteiger partial charge in [-0.3, -0.25) is 0 Å². The zero-order valence-electron chi connectivity index (χ0n) is 9.21. The lowest BCUT2D eigenvalue weighted by molar-refractivity contribution is 0.482. The minimum absolute atomic E-state index is 0.563. The lowest BCUT2D eigenvalue weighted by Crippen LogP contribution is -1.90. The Bertz CT molecular complexity index is 537. The van der Waals surface area contributed by atoms with Crippen molar-refractivity contribution in [3.05, 3.63) is 51.5 Å². The Morgan fingerprint density at radius 3 is 2.65 bits per heavy atom. The van der Waals surface area contributed by atoms with E-state index in [4.69, 9.17) is 22.1 Å². The van der Waals surface area contributed by atoms with Gasteiger partial charge in [-0.05, 0) is 42.8 Å². The predicted molar refractivity (Wildman–Crippen MR) is 74.8 cm³/mol. The van der Waals surface area contributed by atoms with Crippen molar-refractivity contribution in [1.82, 2.24) is 0 Å². The Kier molecular flexibility index (Phi) is 3.60. The summed E-state index contributed by atoms with van der Waals surface area (Å²) in [5.74, 6) is 1.29. The largest absolute Gasteiger partial charge is 0.456 e. The van der Waals surface area contributed by atoms with Crippen molar-refractivity contribution in [3.8, 4) is 11.5 Å². The van der Waals surface area contributed by atoms with Crippen molar-refractivity contribution in [3.63, 3.8) is 0 Å². The van der Waals surface area contributed by atoms with Gasteiger partial charge in [-0.15, -0.1) is 0 Å². The summed E-state index contributed by atoms with van der Waals surface area (Å²) >= 11 is 9.42. The van der Waals surface area contributed by atoms with E-state index in [0.717, 1.165) is 10.0 Å². The summed E-state index contributed by atoms with van der Waals surface area (Å²) in [4.78, 5) is 0. The molecule has 0 aliphatic rings. The highest BCUT2D eigenvalue weighted by Crippen LogP contribution is 2.32. The van der Waals surface area contributed by atoms with Crippen molar-refractivity contribution >= 4 is 33.2 Å². The molecule has 17 heavy (non-hydrogen) atoms. The predicted octanol–water partition coefficient (Wildman–Crippen LogP) is 4.79. The fourth-order valence-corrected chi connectivity index (χ4v) is 2.01. The molecule has 0 atom stereocenters. The molecule has 0 spiro atoms. The lowest BCUT2D eigenvalue weighted by Gasteiger charge is -2.09. The Morgan fingerprint density at radius 1 is 1.18 bits per heavy atom. The second-order valence-corrected chi connectivity index (χ2v) is 5.08. The molecule has 0 saturated carbocycles. The Labute approximate surface area is 113 Å². The molecule has 0 amide bonds. The summed E-state index contributed by atoms with van der Waals surface area (Å²) in [6.07, 6.45) is 0. The van der Waals surface area contributed by atoms with Crippen LogP contribution in [0.1, 0.15) is 5.56 Å². The van der Waals surface area contributed by atoms with Crippen LogP contribution in [-0.4, -0.2) is 0 Å². The molecule has 0 aliphatic carbocycles. The number of anilines is 1. The summed E-state index contributed by atoms with van der Waals surface area (Å²) in [6, 6.07) is 11.0.